The predicted molar refractivity (Wildman–Crippen MR) is 92.7 cm³/mol. The van der Waals surface area contributed by atoms with Crippen LogP contribution in [0.25, 0.3) is 11.2 Å². The second-order valence-electron chi connectivity index (χ2n) is 6.60. The van der Waals surface area contributed by atoms with Gasteiger partial charge in [0.25, 0.3) is 0 Å². The van der Waals surface area contributed by atoms with Crippen molar-refractivity contribution in [2.75, 3.05) is 44.6 Å². The third-order valence-corrected chi connectivity index (χ3v) is 4.12. The molecule has 1 aliphatic heterocycles. The fourth-order valence-electron chi connectivity index (χ4n) is 2.82. The van der Waals surface area contributed by atoms with E-state index in [0.29, 0.717) is 5.92 Å². The van der Waals surface area contributed by atoms with Gasteiger partial charge in [0.05, 0.1) is 6.33 Å². The standard InChI is InChI=1S/C16H27N7/c1-12(2)10-18-15-14-16(21-13(3)20-15)23(11-19-14)9-8-22-6-4-17-5-7-22/h11-12,17H,4-10H2,1-3H3,(H,18,20,21). The molecule has 0 radical (unpaired) electrons. The number of fused-ring (bicyclic) bond motifs is 1. The number of hydrogen-bond acceptors (Lipinski definition) is 6. The number of anilines is 1. The van der Waals surface area contributed by atoms with Crippen molar-refractivity contribution in [3.05, 3.63) is 12.2 Å². The molecule has 7 heteroatoms. The Labute approximate surface area is 137 Å². The molecule has 0 unspecified atom stereocenters. The van der Waals surface area contributed by atoms with Crippen molar-refractivity contribution < 1.29 is 0 Å². The smallest absolute Gasteiger partial charge is 0.165 e. The van der Waals surface area contributed by atoms with Crippen LogP contribution in [0.1, 0.15) is 19.7 Å². The SMILES string of the molecule is Cc1nc(NCC(C)C)c2ncn(CCN3CCNCC3)c2n1. The average Bonchev–Trinajstić information content (AvgIpc) is 2.94. The first-order valence-corrected chi connectivity index (χ1v) is 8.50. The Kier molecular flexibility index (Phi) is 5.07. The largest absolute Gasteiger partial charge is 0.368 e. The van der Waals surface area contributed by atoms with Crippen molar-refractivity contribution in [1.29, 1.82) is 0 Å². The maximum atomic E-state index is 4.61. The van der Waals surface area contributed by atoms with E-state index in [4.69, 9.17) is 0 Å². The molecule has 0 spiro atoms. The molecule has 0 amide bonds. The number of rotatable bonds is 6. The molecule has 0 saturated carbocycles. The van der Waals surface area contributed by atoms with E-state index in [0.717, 1.165) is 68.6 Å². The van der Waals surface area contributed by atoms with Gasteiger partial charge in [0.15, 0.2) is 11.5 Å². The van der Waals surface area contributed by atoms with Gasteiger partial charge in [-0.15, -0.1) is 0 Å². The van der Waals surface area contributed by atoms with E-state index in [1.54, 1.807) is 0 Å². The lowest BCUT2D eigenvalue weighted by atomic mass is 10.2. The molecule has 3 rings (SSSR count). The molecule has 126 valence electrons. The van der Waals surface area contributed by atoms with Crippen LogP contribution in [0.15, 0.2) is 6.33 Å². The van der Waals surface area contributed by atoms with E-state index >= 15 is 0 Å². The third-order valence-electron chi connectivity index (χ3n) is 4.12. The molecule has 2 aromatic rings. The zero-order valence-corrected chi connectivity index (χ0v) is 14.3. The van der Waals surface area contributed by atoms with Gasteiger partial charge >= 0.3 is 0 Å². The fourth-order valence-corrected chi connectivity index (χ4v) is 2.82. The Morgan fingerprint density at radius 3 is 2.74 bits per heavy atom. The Morgan fingerprint density at radius 1 is 1.22 bits per heavy atom. The molecule has 7 nitrogen and oxygen atoms in total. The lowest BCUT2D eigenvalue weighted by Gasteiger charge is -2.27. The second kappa shape index (κ2) is 7.23. The quantitative estimate of drug-likeness (QED) is 0.832. The molecule has 0 aliphatic carbocycles. The summed E-state index contributed by atoms with van der Waals surface area (Å²) in [6.07, 6.45) is 1.89. The maximum absolute atomic E-state index is 4.61. The van der Waals surface area contributed by atoms with Crippen molar-refractivity contribution in [3.63, 3.8) is 0 Å². The molecule has 2 aromatic heterocycles. The van der Waals surface area contributed by atoms with E-state index in [1.807, 2.05) is 13.3 Å². The molecular formula is C16H27N7. The summed E-state index contributed by atoms with van der Waals surface area (Å²) in [7, 11) is 0. The minimum Gasteiger partial charge on any atom is -0.368 e. The molecule has 1 aliphatic rings. The molecule has 2 N–H and O–H groups in total. The Balaban J connectivity index is 1.76. The Hall–Kier alpha value is -1.73. The summed E-state index contributed by atoms with van der Waals surface area (Å²) in [5.74, 6) is 2.20. The van der Waals surface area contributed by atoms with Gasteiger partial charge in [0.1, 0.15) is 11.3 Å². The van der Waals surface area contributed by atoms with Gasteiger partial charge in [-0.2, -0.15) is 0 Å². The minimum atomic E-state index is 0.565. The van der Waals surface area contributed by atoms with Crippen LogP contribution in [0.5, 0.6) is 0 Å². The van der Waals surface area contributed by atoms with Crippen molar-refractivity contribution >= 4 is 17.0 Å². The highest BCUT2D eigenvalue weighted by Gasteiger charge is 2.14. The first-order valence-electron chi connectivity index (χ1n) is 8.50. The van der Waals surface area contributed by atoms with Gasteiger partial charge in [-0.25, -0.2) is 15.0 Å². The number of hydrogen-bond donors (Lipinski definition) is 2. The van der Waals surface area contributed by atoms with Gasteiger partial charge in [-0.3, -0.25) is 4.90 Å². The lowest BCUT2D eigenvalue weighted by molar-refractivity contribution is 0.233. The summed E-state index contributed by atoms with van der Waals surface area (Å²) in [4.78, 5) is 16.2. The molecular weight excluding hydrogens is 290 g/mol. The minimum absolute atomic E-state index is 0.565. The van der Waals surface area contributed by atoms with Gasteiger partial charge in [-0.05, 0) is 12.8 Å². The highest BCUT2D eigenvalue weighted by molar-refractivity contribution is 5.83. The number of aromatic nitrogens is 4. The summed E-state index contributed by atoms with van der Waals surface area (Å²) in [5.41, 5.74) is 1.80. The summed E-state index contributed by atoms with van der Waals surface area (Å²) in [6, 6.07) is 0. The van der Waals surface area contributed by atoms with Crippen LogP contribution >= 0.6 is 0 Å². The molecule has 23 heavy (non-hydrogen) atoms. The van der Waals surface area contributed by atoms with Crippen molar-refractivity contribution in [2.24, 2.45) is 5.92 Å². The Bertz CT molecular complexity index is 643. The maximum Gasteiger partial charge on any atom is 0.165 e. The molecule has 0 bridgehead atoms. The normalized spacial score (nSPS) is 16.3. The summed E-state index contributed by atoms with van der Waals surface area (Å²) < 4.78 is 2.15. The van der Waals surface area contributed by atoms with Crippen molar-refractivity contribution in [2.45, 2.75) is 27.3 Å². The third kappa shape index (κ3) is 3.97. The summed E-state index contributed by atoms with van der Waals surface area (Å²) in [6.45, 7) is 13.5. The second-order valence-corrected chi connectivity index (χ2v) is 6.60. The molecule has 3 heterocycles. The van der Waals surface area contributed by atoms with E-state index in [9.17, 15) is 0 Å². The average molecular weight is 317 g/mol. The van der Waals surface area contributed by atoms with Crippen LogP contribution in [0.3, 0.4) is 0 Å². The first kappa shape index (κ1) is 16.1. The molecule has 1 fully saturated rings. The van der Waals surface area contributed by atoms with Crippen molar-refractivity contribution in [1.82, 2.24) is 29.7 Å². The van der Waals surface area contributed by atoms with Crippen LogP contribution < -0.4 is 10.6 Å². The number of imidazole rings is 1. The highest BCUT2D eigenvalue weighted by atomic mass is 15.2. The molecule has 1 saturated heterocycles. The number of aryl methyl sites for hydroxylation is 1. The van der Waals surface area contributed by atoms with E-state index in [1.165, 1.54) is 0 Å². The van der Waals surface area contributed by atoms with E-state index in [2.05, 4.69) is 48.9 Å². The monoisotopic (exact) mass is 317 g/mol. The van der Waals surface area contributed by atoms with Crippen LogP contribution in [-0.2, 0) is 6.54 Å². The van der Waals surface area contributed by atoms with Crippen LogP contribution in [0.4, 0.5) is 5.82 Å². The van der Waals surface area contributed by atoms with E-state index < -0.39 is 0 Å². The zero-order chi connectivity index (χ0) is 16.2. The number of nitrogens with one attached hydrogen (secondary N) is 2. The summed E-state index contributed by atoms with van der Waals surface area (Å²) >= 11 is 0. The van der Waals surface area contributed by atoms with E-state index in [-0.39, 0.29) is 0 Å². The lowest BCUT2D eigenvalue weighted by Crippen LogP contribution is -2.44. The van der Waals surface area contributed by atoms with Gasteiger partial charge in [-0.1, -0.05) is 13.8 Å². The van der Waals surface area contributed by atoms with Crippen molar-refractivity contribution in [3.8, 4) is 0 Å². The molecule has 0 aromatic carbocycles. The van der Waals surface area contributed by atoms with Crippen LogP contribution in [-0.4, -0.2) is 63.7 Å². The highest BCUT2D eigenvalue weighted by Crippen LogP contribution is 2.19. The number of nitrogens with zero attached hydrogens (tertiary/aromatic N) is 5. The number of piperazine rings is 1. The first-order chi connectivity index (χ1) is 11.1. The fraction of sp³-hybridized carbons (Fsp3) is 0.688. The van der Waals surface area contributed by atoms with Crippen LogP contribution in [0.2, 0.25) is 0 Å². The van der Waals surface area contributed by atoms with Gasteiger partial charge < -0.3 is 15.2 Å². The van der Waals surface area contributed by atoms with Gasteiger partial charge in [0, 0.05) is 45.8 Å². The van der Waals surface area contributed by atoms with Crippen LogP contribution in [0, 0.1) is 12.8 Å². The summed E-state index contributed by atoms with van der Waals surface area (Å²) in [5, 5.41) is 6.79. The topological polar surface area (TPSA) is 70.9 Å². The predicted octanol–water partition coefficient (Wildman–Crippen LogP) is 1.11. The van der Waals surface area contributed by atoms with Gasteiger partial charge in [0.2, 0.25) is 0 Å². The molecule has 0 atom stereocenters. The Morgan fingerprint density at radius 2 is 2.00 bits per heavy atom. The zero-order valence-electron chi connectivity index (χ0n) is 14.3.